The van der Waals surface area contributed by atoms with Crippen LogP contribution in [0.4, 0.5) is 0 Å². The standard InChI is InChI=1S/C23H27N5O3/c1-3-31-20-5-4-16(12-21(20)30-2)15-28-10-6-17(7-11-28)18-13-22(29)27-23(26-18)19-14-24-8-9-25-19/h4-5,8-9,12-14,17H,3,6-7,10-11,15H2,1-2H3,(H,26,27,29). The van der Waals surface area contributed by atoms with Crippen molar-refractivity contribution in [1.29, 1.82) is 0 Å². The van der Waals surface area contributed by atoms with Crippen molar-refractivity contribution in [2.24, 2.45) is 0 Å². The molecule has 0 spiro atoms. The molecule has 2 aromatic heterocycles. The summed E-state index contributed by atoms with van der Waals surface area (Å²) in [6, 6.07) is 7.71. The van der Waals surface area contributed by atoms with E-state index in [-0.39, 0.29) is 11.5 Å². The Morgan fingerprint density at radius 3 is 2.71 bits per heavy atom. The average molecular weight is 422 g/mol. The molecule has 162 valence electrons. The number of nitrogens with zero attached hydrogens (tertiary/aromatic N) is 4. The number of H-pyrrole nitrogens is 1. The molecule has 8 nitrogen and oxygen atoms in total. The first kappa shape index (κ1) is 21.0. The van der Waals surface area contributed by atoms with Crippen molar-refractivity contribution in [2.75, 3.05) is 26.8 Å². The lowest BCUT2D eigenvalue weighted by Crippen LogP contribution is -2.33. The molecule has 1 saturated heterocycles. The maximum absolute atomic E-state index is 12.2. The highest BCUT2D eigenvalue weighted by molar-refractivity contribution is 5.46. The second-order valence-electron chi connectivity index (χ2n) is 7.58. The molecule has 1 fully saturated rings. The molecule has 0 radical (unpaired) electrons. The molecule has 3 heterocycles. The van der Waals surface area contributed by atoms with E-state index < -0.39 is 0 Å². The number of ether oxygens (including phenoxy) is 2. The minimum Gasteiger partial charge on any atom is -0.493 e. The molecule has 3 aromatic rings. The van der Waals surface area contributed by atoms with Gasteiger partial charge in [0.25, 0.3) is 5.56 Å². The van der Waals surface area contributed by atoms with Crippen LogP contribution < -0.4 is 15.0 Å². The van der Waals surface area contributed by atoms with Crippen LogP contribution in [0, 0.1) is 0 Å². The highest BCUT2D eigenvalue weighted by Gasteiger charge is 2.23. The van der Waals surface area contributed by atoms with Gasteiger partial charge in [-0.3, -0.25) is 14.7 Å². The molecular weight excluding hydrogens is 394 g/mol. The first-order valence-electron chi connectivity index (χ1n) is 10.6. The number of hydrogen-bond donors (Lipinski definition) is 1. The van der Waals surface area contributed by atoms with E-state index >= 15 is 0 Å². The van der Waals surface area contributed by atoms with Crippen molar-refractivity contribution in [1.82, 2.24) is 24.8 Å². The fourth-order valence-corrected chi connectivity index (χ4v) is 3.96. The van der Waals surface area contributed by atoms with E-state index in [0.29, 0.717) is 18.1 Å². The molecule has 8 heteroatoms. The van der Waals surface area contributed by atoms with Crippen LogP contribution in [0.1, 0.15) is 36.9 Å². The zero-order chi connectivity index (χ0) is 21.6. The van der Waals surface area contributed by atoms with Crippen LogP contribution in [0.15, 0.2) is 47.7 Å². The number of hydrogen-bond acceptors (Lipinski definition) is 7. The highest BCUT2D eigenvalue weighted by atomic mass is 16.5. The summed E-state index contributed by atoms with van der Waals surface area (Å²) in [4.78, 5) is 30.4. The van der Waals surface area contributed by atoms with Crippen molar-refractivity contribution in [2.45, 2.75) is 32.2 Å². The van der Waals surface area contributed by atoms with E-state index in [1.165, 1.54) is 5.56 Å². The lowest BCUT2D eigenvalue weighted by atomic mass is 9.93. The van der Waals surface area contributed by atoms with Crippen LogP contribution in [-0.4, -0.2) is 51.6 Å². The van der Waals surface area contributed by atoms with E-state index in [4.69, 9.17) is 9.47 Å². The number of benzene rings is 1. The maximum atomic E-state index is 12.2. The first-order valence-corrected chi connectivity index (χ1v) is 10.6. The largest absolute Gasteiger partial charge is 0.493 e. The molecule has 1 aromatic carbocycles. The van der Waals surface area contributed by atoms with E-state index in [1.54, 1.807) is 31.8 Å². The van der Waals surface area contributed by atoms with Gasteiger partial charge in [0, 0.05) is 30.9 Å². The number of nitrogens with one attached hydrogen (secondary N) is 1. The summed E-state index contributed by atoms with van der Waals surface area (Å²) in [6.45, 7) is 5.30. The van der Waals surface area contributed by atoms with Gasteiger partial charge in [-0.25, -0.2) is 9.97 Å². The van der Waals surface area contributed by atoms with Gasteiger partial charge in [0.05, 0.1) is 25.6 Å². The zero-order valence-corrected chi connectivity index (χ0v) is 17.9. The number of aromatic nitrogens is 4. The van der Waals surface area contributed by atoms with Crippen LogP contribution in [-0.2, 0) is 6.54 Å². The van der Waals surface area contributed by atoms with Crippen molar-refractivity contribution in [3.8, 4) is 23.0 Å². The number of methoxy groups -OCH3 is 1. The SMILES string of the molecule is CCOc1ccc(CN2CCC(c3cc(=O)[nH]c(-c4cnccn4)n3)CC2)cc1OC. The predicted molar refractivity (Wildman–Crippen MR) is 117 cm³/mol. The quantitative estimate of drug-likeness (QED) is 0.627. The summed E-state index contributed by atoms with van der Waals surface area (Å²) in [5, 5.41) is 0. The molecule has 0 aliphatic carbocycles. The van der Waals surface area contributed by atoms with Gasteiger partial charge < -0.3 is 14.5 Å². The van der Waals surface area contributed by atoms with Crippen LogP contribution in [0.5, 0.6) is 11.5 Å². The second-order valence-corrected chi connectivity index (χ2v) is 7.58. The van der Waals surface area contributed by atoms with Crippen LogP contribution >= 0.6 is 0 Å². The molecule has 1 N–H and O–H groups in total. The normalized spacial score (nSPS) is 15.0. The Bertz CT molecular complexity index is 1060. The molecule has 0 atom stereocenters. The number of piperidine rings is 1. The molecule has 1 aliphatic rings. The molecular formula is C23H27N5O3. The third kappa shape index (κ3) is 5.08. The Balaban J connectivity index is 1.41. The lowest BCUT2D eigenvalue weighted by molar-refractivity contribution is 0.203. The number of aromatic amines is 1. The Hall–Kier alpha value is -3.26. The first-order chi connectivity index (χ1) is 15.2. The summed E-state index contributed by atoms with van der Waals surface area (Å²) < 4.78 is 11.1. The number of rotatable bonds is 7. The zero-order valence-electron chi connectivity index (χ0n) is 17.9. The number of likely N-dealkylation sites (tertiary alicyclic amines) is 1. The maximum Gasteiger partial charge on any atom is 0.251 e. The van der Waals surface area contributed by atoms with Gasteiger partial charge in [-0.2, -0.15) is 0 Å². The van der Waals surface area contributed by atoms with E-state index in [0.717, 1.165) is 49.7 Å². The Kier molecular flexibility index (Phi) is 6.57. The van der Waals surface area contributed by atoms with E-state index in [9.17, 15) is 4.79 Å². The molecule has 4 rings (SSSR count). The topological polar surface area (TPSA) is 93.2 Å². The van der Waals surface area contributed by atoms with Gasteiger partial charge in [-0.15, -0.1) is 0 Å². The van der Waals surface area contributed by atoms with E-state index in [1.807, 2.05) is 19.1 Å². The van der Waals surface area contributed by atoms with Crippen molar-refractivity contribution >= 4 is 0 Å². The minimum absolute atomic E-state index is 0.158. The summed E-state index contributed by atoms with van der Waals surface area (Å²) in [5.74, 6) is 2.26. The van der Waals surface area contributed by atoms with Crippen molar-refractivity contribution in [3.63, 3.8) is 0 Å². The highest BCUT2D eigenvalue weighted by Crippen LogP contribution is 2.31. The summed E-state index contributed by atoms with van der Waals surface area (Å²) in [5.41, 5.74) is 2.43. The van der Waals surface area contributed by atoms with Gasteiger partial charge >= 0.3 is 0 Å². The molecule has 0 bridgehead atoms. The predicted octanol–water partition coefficient (Wildman–Crippen LogP) is 3.01. The summed E-state index contributed by atoms with van der Waals surface area (Å²) >= 11 is 0. The van der Waals surface area contributed by atoms with Crippen LogP contribution in [0.25, 0.3) is 11.5 Å². The monoisotopic (exact) mass is 421 g/mol. The molecule has 0 unspecified atom stereocenters. The van der Waals surface area contributed by atoms with Gasteiger partial charge in [0.2, 0.25) is 0 Å². The summed E-state index contributed by atoms with van der Waals surface area (Å²) in [7, 11) is 1.66. The molecule has 31 heavy (non-hydrogen) atoms. The second kappa shape index (κ2) is 9.70. The Morgan fingerprint density at radius 1 is 1.16 bits per heavy atom. The fourth-order valence-electron chi connectivity index (χ4n) is 3.96. The third-order valence-corrected chi connectivity index (χ3v) is 5.51. The minimum atomic E-state index is -0.158. The average Bonchev–Trinajstić information content (AvgIpc) is 2.81. The molecule has 1 aliphatic heterocycles. The molecule has 0 amide bonds. The fraction of sp³-hybridized carbons (Fsp3) is 0.391. The van der Waals surface area contributed by atoms with Gasteiger partial charge in [-0.1, -0.05) is 6.07 Å². The smallest absolute Gasteiger partial charge is 0.251 e. The van der Waals surface area contributed by atoms with Gasteiger partial charge in [0.15, 0.2) is 17.3 Å². The lowest BCUT2D eigenvalue weighted by Gasteiger charge is -2.31. The van der Waals surface area contributed by atoms with Crippen molar-refractivity contribution < 1.29 is 9.47 Å². The van der Waals surface area contributed by atoms with Crippen molar-refractivity contribution in [3.05, 3.63) is 64.5 Å². The molecule has 0 saturated carbocycles. The third-order valence-electron chi connectivity index (χ3n) is 5.51. The Morgan fingerprint density at radius 2 is 2.00 bits per heavy atom. The van der Waals surface area contributed by atoms with Gasteiger partial charge in [0.1, 0.15) is 5.69 Å². The Labute approximate surface area is 181 Å². The van der Waals surface area contributed by atoms with Crippen LogP contribution in [0.3, 0.4) is 0 Å². The van der Waals surface area contributed by atoms with E-state index in [2.05, 4.69) is 30.9 Å². The van der Waals surface area contributed by atoms with Gasteiger partial charge in [-0.05, 0) is 50.6 Å². The van der Waals surface area contributed by atoms with Crippen LogP contribution in [0.2, 0.25) is 0 Å². The summed E-state index contributed by atoms with van der Waals surface area (Å²) in [6.07, 6.45) is 6.70.